The van der Waals surface area contributed by atoms with Crippen molar-refractivity contribution in [3.05, 3.63) is 137 Å². The summed E-state index contributed by atoms with van der Waals surface area (Å²) < 4.78 is 2.53. The molecule has 0 amide bonds. The molecule has 2 aliphatic heterocycles. The Labute approximate surface area is 225 Å². The molecule has 0 N–H and O–H groups in total. The maximum Gasteiger partial charge on any atom is 0.117 e. The van der Waals surface area contributed by atoms with Crippen LogP contribution in [0.3, 0.4) is 0 Å². The van der Waals surface area contributed by atoms with Gasteiger partial charge in [-0.1, -0.05) is 97.1 Å². The zero-order valence-corrected chi connectivity index (χ0v) is 21.9. The molecule has 0 saturated carbocycles. The Morgan fingerprint density at radius 2 is 1.42 bits per heavy atom. The highest BCUT2D eigenvalue weighted by atomic mass is 15.2. The van der Waals surface area contributed by atoms with E-state index >= 15 is 0 Å². The van der Waals surface area contributed by atoms with Crippen molar-refractivity contribution in [1.82, 2.24) is 14.5 Å². The first-order valence-corrected chi connectivity index (χ1v) is 14.2. The molecule has 0 spiro atoms. The number of rotatable bonds is 5. The van der Waals surface area contributed by atoms with E-state index in [1.54, 1.807) is 0 Å². The Balaban J connectivity index is 1.27. The summed E-state index contributed by atoms with van der Waals surface area (Å²) in [5.74, 6) is 2.17. The van der Waals surface area contributed by atoms with Gasteiger partial charge in [0.15, 0.2) is 0 Å². The molecule has 3 heterocycles. The van der Waals surface area contributed by atoms with Crippen LogP contribution in [0.4, 0.5) is 0 Å². The summed E-state index contributed by atoms with van der Waals surface area (Å²) in [4.78, 5) is 8.05. The molecule has 38 heavy (non-hydrogen) atoms. The van der Waals surface area contributed by atoms with E-state index in [2.05, 4.69) is 119 Å². The normalized spacial score (nSPS) is 21.5. The number of likely N-dealkylation sites (tertiary alicyclic amines) is 1. The number of piperidine rings is 1. The quantitative estimate of drug-likeness (QED) is 0.255. The second-order valence-electron chi connectivity index (χ2n) is 11.1. The Bertz CT molecular complexity index is 1520. The summed E-state index contributed by atoms with van der Waals surface area (Å²) in [6.45, 7) is 3.14. The molecule has 5 aromatic rings. The van der Waals surface area contributed by atoms with Crippen LogP contribution in [0.2, 0.25) is 0 Å². The Kier molecular flexibility index (Phi) is 6.31. The van der Waals surface area contributed by atoms with Crippen LogP contribution in [0.5, 0.6) is 0 Å². The molecule has 1 saturated heterocycles. The molecular formula is C35H35N3. The molecule has 0 radical (unpaired) electrons. The van der Waals surface area contributed by atoms with Crippen LogP contribution >= 0.6 is 0 Å². The van der Waals surface area contributed by atoms with Gasteiger partial charge in [-0.15, -0.1) is 0 Å². The SMILES string of the molecule is c1ccc(CC2CC(C3c4ccccc4CCn4c3nc3ccccc34)CCN2Cc2ccccc2)cc1. The zero-order valence-electron chi connectivity index (χ0n) is 21.9. The minimum Gasteiger partial charge on any atom is -0.327 e. The molecular weight excluding hydrogens is 462 g/mol. The van der Waals surface area contributed by atoms with Crippen molar-refractivity contribution in [3.63, 3.8) is 0 Å². The predicted molar refractivity (Wildman–Crippen MR) is 155 cm³/mol. The average Bonchev–Trinajstić information content (AvgIpc) is 3.24. The van der Waals surface area contributed by atoms with Crippen LogP contribution in [0.15, 0.2) is 109 Å². The highest BCUT2D eigenvalue weighted by molar-refractivity contribution is 5.76. The molecule has 0 aliphatic carbocycles. The summed E-state index contributed by atoms with van der Waals surface area (Å²) >= 11 is 0. The van der Waals surface area contributed by atoms with E-state index in [9.17, 15) is 0 Å². The molecule has 7 rings (SSSR count). The maximum absolute atomic E-state index is 5.31. The van der Waals surface area contributed by atoms with Gasteiger partial charge in [-0.3, -0.25) is 4.90 Å². The van der Waals surface area contributed by atoms with E-state index in [4.69, 9.17) is 4.98 Å². The molecule has 2 aliphatic rings. The van der Waals surface area contributed by atoms with Gasteiger partial charge in [-0.25, -0.2) is 4.98 Å². The lowest BCUT2D eigenvalue weighted by Gasteiger charge is -2.42. The largest absolute Gasteiger partial charge is 0.327 e. The van der Waals surface area contributed by atoms with E-state index in [-0.39, 0.29) is 0 Å². The number of benzene rings is 4. The summed E-state index contributed by atoms with van der Waals surface area (Å²) in [6.07, 6.45) is 4.54. The molecule has 1 aromatic heterocycles. The van der Waals surface area contributed by atoms with Crippen molar-refractivity contribution in [2.45, 2.75) is 50.7 Å². The average molecular weight is 498 g/mol. The summed E-state index contributed by atoms with van der Waals surface area (Å²) in [5, 5.41) is 0. The highest BCUT2D eigenvalue weighted by Gasteiger charge is 2.38. The minimum absolute atomic E-state index is 0.332. The monoisotopic (exact) mass is 497 g/mol. The predicted octanol–water partition coefficient (Wildman–Crippen LogP) is 7.25. The van der Waals surface area contributed by atoms with Gasteiger partial charge in [0.05, 0.1) is 11.0 Å². The van der Waals surface area contributed by atoms with Gasteiger partial charge in [0, 0.05) is 25.0 Å². The van der Waals surface area contributed by atoms with Crippen LogP contribution in [0.1, 0.15) is 46.8 Å². The zero-order chi connectivity index (χ0) is 25.3. The van der Waals surface area contributed by atoms with Gasteiger partial charge in [0.2, 0.25) is 0 Å². The van der Waals surface area contributed by atoms with Gasteiger partial charge in [-0.2, -0.15) is 0 Å². The minimum atomic E-state index is 0.332. The Hall–Kier alpha value is -3.69. The number of imidazole rings is 1. The molecule has 3 nitrogen and oxygen atoms in total. The van der Waals surface area contributed by atoms with Crippen molar-refractivity contribution in [1.29, 1.82) is 0 Å². The van der Waals surface area contributed by atoms with Crippen molar-refractivity contribution < 1.29 is 0 Å². The van der Waals surface area contributed by atoms with E-state index in [1.807, 2.05) is 0 Å². The first-order chi connectivity index (χ1) is 18.8. The van der Waals surface area contributed by atoms with Gasteiger partial charge in [-0.05, 0) is 72.5 Å². The lowest BCUT2D eigenvalue weighted by atomic mass is 9.75. The smallest absolute Gasteiger partial charge is 0.117 e. The van der Waals surface area contributed by atoms with Crippen LogP contribution in [-0.4, -0.2) is 27.0 Å². The van der Waals surface area contributed by atoms with Crippen molar-refractivity contribution in [2.24, 2.45) is 5.92 Å². The van der Waals surface area contributed by atoms with E-state index in [1.165, 1.54) is 46.4 Å². The van der Waals surface area contributed by atoms with E-state index in [0.717, 1.165) is 38.0 Å². The van der Waals surface area contributed by atoms with Crippen LogP contribution in [-0.2, 0) is 25.9 Å². The first-order valence-electron chi connectivity index (χ1n) is 14.2. The van der Waals surface area contributed by atoms with Crippen molar-refractivity contribution >= 4 is 11.0 Å². The molecule has 190 valence electrons. The van der Waals surface area contributed by atoms with Gasteiger partial charge in [0.25, 0.3) is 0 Å². The van der Waals surface area contributed by atoms with E-state index < -0.39 is 0 Å². The number of hydrogen-bond acceptors (Lipinski definition) is 2. The highest BCUT2D eigenvalue weighted by Crippen LogP contribution is 2.43. The number of aryl methyl sites for hydroxylation is 2. The van der Waals surface area contributed by atoms with Crippen LogP contribution in [0, 0.1) is 5.92 Å². The van der Waals surface area contributed by atoms with Gasteiger partial charge in [0.1, 0.15) is 5.82 Å². The van der Waals surface area contributed by atoms with Crippen LogP contribution in [0.25, 0.3) is 11.0 Å². The standard InChI is InChI=1S/C35H35N3/c1-3-11-26(12-4-1)23-30-24-29(19-21-37(30)25-27-13-5-2-6-14-27)34-31-16-8-7-15-28(31)20-22-38-33-18-10-9-17-32(33)36-35(34)38/h1-18,29-30,34H,19-25H2. The third-order valence-electron chi connectivity index (χ3n) is 8.85. The summed E-state index contributed by atoms with van der Waals surface area (Å²) in [5.41, 5.74) is 8.26. The van der Waals surface area contributed by atoms with E-state index in [0.29, 0.717) is 17.9 Å². The Morgan fingerprint density at radius 3 is 2.26 bits per heavy atom. The number of nitrogens with zero attached hydrogens (tertiary/aromatic N) is 3. The fourth-order valence-corrected chi connectivity index (χ4v) is 7.03. The number of hydrogen-bond donors (Lipinski definition) is 0. The van der Waals surface area contributed by atoms with Crippen LogP contribution < -0.4 is 0 Å². The second-order valence-corrected chi connectivity index (χ2v) is 11.1. The molecule has 3 unspecified atom stereocenters. The molecule has 0 bridgehead atoms. The molecule has 4 aromatic carbocycles. The number of para-hydroxylation sites is 2. The summed E-state index contributed by atoms with van der Waals surface area (Å²) in [7, 11) is 0. The van der Waals surface area contributed by atoms with Crippen molar-refractivity contribution in [3.8, 4) is 0 Å². The lowest BCUT2D eigenvalue weighted by Crippen LogP contribution is -2.44. The van der Waals surface area contributed by atoms with Gasteiger partial charge >= 0.3 is 0 Å². The third kappa shape index (κ3) is 4.46. The van der Waals surface area contributed by atoms with Crippen molar-refractivity contribution in [2.75, 3.05) is 6.54 Å². The topological polar surface area (TPSA) is 21.1 Å². The number of aromatic nitrogens is 2. The second kappa shape index (κ2) is 10.2. The summed E-state index contributed by atoms with van der Waals surface area (Å²) in [6, 6.07) is 40.5. The fourth-order valence-electron chi connectivity index (χ4n) is 7.03. The van der Waals surface area contributed by atoms with Gasteiger partial charge < -0.3 is 4.57 Å². The number of fused-ring (bicyclic) bond motifs is 4. The fraction of sp³-hybridized carbons (Fsp3) is 0.286. The maximum atomic E-state index is 5.31. The first kappa shape index (κ1) is 23.4. The third-order valence-corrected chi connectivity index (χ3v) is 8.85. The molecule has 1 fully saturated rings. The lowest BCUT2D eigenvalue weighted by molar-refractivity contribution is 0.0964. The molecule has 3 heteroatoms. The molecule has 3 atom stereocenters. The Morgan fingerprint density at radius 1 is 0.711 bits per heavy atom.